The summed E-state index contributed by atoms with van der Waals surface area (Å²) in [5.41, 5.74) is 1.52. The zero-order valence-corrected chi connectivity index (χ0v) is 17.1. The predicted molar refractivity (Wildman–Crippen MR) is 118 cm³/mol. The number of nitrogens with zero attached hydrogens (tertiary/aromatic N) is 1. The Kier molecular flexibility index (Phi) is 7.28. The third kappa shape index (κ3) is 6.30. The molecule has 0 atom stereocenters. The van der Waals surface area contributed by atoms with E-state index in [0.717, 1.165) is 0 Å². The lowest BCUT2D eigenvalue weighted by atomic mass is 10.1. The molecule has 4 N–H and O–H groups in total. The Balaban J connectivity index is 1.98. The number of hydrogen-bond acceptors (Lipinski definition) is 6. The second-order valence-electron chi connectivity index (χ2n) is 5.83. The second kappa shape index (κ2) is 9.66. The highest BCUT2D eigenvalue weighted by atomic mass is 32.1. The van der Waals surface area contributed by atoms with Crippen molar-refractivity contribution in [2.45, 2.75) is 13.8 Å². The Morgan fingerprint density at radius 2 is 1.45 bits per heavy atom. The van der Waals surface area contributed by atoms with Crippen LogP contribution < -0.4 is 21.3 Å². The largest absolute Gasteiger partial charge is 0.332 e. The number of carbonyl (C=O) groups excluding carboxylic acids is 2. The first kappa shape index (κ1) is 21.9. The maximum absolute atomic E-state index is 12.4. The average molecular weight is 431 g/mol. The SMILES string of the molecule is CC(=O)NC(=S)Nc1ccc(NC(=S)NC(=O)c2cccc([N+](=O)[O-])c2C)cc1. The van der Waals surface area contributed by atoms with Crippen LogP contribution in [0.1, 0.15) is 22.8 Å². The van der Waals surface area contributed by atoms with E-state index < -0.39 is 10.8 Å². The highest BCUT2D eigenvalue weighted by Crippen LogP contribution is 2.21. The van der Waals surface area contributed by atoms with Crippen molar-refractivity contribution in [2.24, 2.45) is 0 Å². The van der Waals surface area contributed by atoms with E-state index in [0.29, 0.717) is 11.4 Å². The van der Waals surface area contributed by atoms with Crippen LogP contribution in [0.2, 0.25) is 0 Å². The van der Waals surface area contributed by atoms with E-state index in [9.17, 15) is 19.7 Å². The van der Waals surface area contributed by atoms with Crippen LogP contribution in [-0.2, 0) is 4.79 Å². The van der Waals surface area contributed by atoms with Crippen LogP contribution >= 0.6 is 24.4 Å². The van der Waals surface area contributed by atoms with Crippen LogP contribution in [0.4, 0.5) is 17.1 Å². The van der Waals surface area contributed by atoms with Gasteiger partial charge in [-0.2, -0.15) is 0 Å². The summed E-state index contributed by atoms with van der Waals surface area (Å²) in [5, 5.41) is 21.9. The average Bonchev–Trinajstić information content (AvgIpc) is 2.62. The molecule has 0 unspecified atom stereocenters. The summed E-state index contributed by atoms with van der Waals surface area (Å²) in [5.74, 6) is -0.830. The van der Waals surface area contributed by atoms with E-state index in [-0.39, 0.29) is 32.9 Å². The molecule has 0 spiro atoms. The number of thiocarbonyl (C=S) groups is 2. The van der Waals surface area contributed by atoms with Gasteiger partial charge in [0.05, 0.1) is 4.92 Å². The number of rotatable bonds is 4. The molecule has 0 heterocycles. The Hall–Kier alpha value is -3.44. The molecule has 0 bridgehead atoms. The van der Waals surface area contributed by atoms with Crippen molar-refractivity contribution in [3.63, 3.8) is 0 Å². The zero-order chi connectivity index (χ0) is 21.6. The van der Waals surface area contributed by atoms with Crippen molar-refractivity contribution in [2.75, 3.05) is 10.6 Å². The van der Waals surface area contributed by atoms with Gasteiger partial charge in [-0.05, 0) is 61.7 Å². The summed E-state index contributed by atoms with van der Waals surface area (Å²) in [6.45, 7) is 2.85. The van der Waals surface area contributed by atoms with Gasteiger partial charge >= 0.3 is 0 Å². The van der Waals surface area contributed by atoms with E-state index in [2.05, 4.69) is 21.3 Å². The van der Waals surface area contributed by atoms with Gasteiger partial charge in [0.15, 0.2) is 10.2 Å². The van der Waals surface area contributed by atoms with Crippen LogP contribution in [0, 0.1) is 17.0 Å². The third-order valence-electron chi connectivity index (χ3n) is 3.66. The normalized spacial score (nSPS) is 9.86. The van der Waals surface area contributed by atoms with Gasteiger partial charge in [0.2, 0.25) is 5.91 Å². The van der Waals surface area contributed by atoms with Gasteiger partial charge in [0.25, 0.3) is 11.6 Å². The van der Waals surface area contributed by atoms with E-state index in [1.165, 1.54) is 32.0 Å². The van der Waals surface area contributed by atoms with Crippen LogP contribution in [-0.4, -0.2) is 27.0 Å². The molecule has 29 heavy (non-hydrogen) atoms. The van der Waals surface area contributed by atoms with Crippen molar-refractivity contribution >= 4 is 63.5 Å². The Morgan fingerprint density at radius 3 is 1.93 bits per heavy atom. The summed E-state index contributed by atoms with van der Waals surface area (Å²) in [4.78, 5) is 33.8. The molecule has 0 aliphatic heterocycles. The monoisotopic (exact) mass is 431 g/mol. The maximum Gasteiger partial charge on any atom is 0.273 e. The van der Waals surface area contributed by atoms with Gasteiger partial charge in [0, 0.05) is 35.5 Å². The Bertz CT molecular complexity index is 992. The summed E-state index contributed by atoms with van der Waals surface area (Å²) in [6.07, 6.45) is 0. The standard InChI is InChI=1S/C18H17N5O4S2/c1-10-14(4-3-5-15(10)23(26)27)16(25)22-18(29)21-13-8-6-12(7-9-13)20-17(28)19-11(2)24/h3-9H,1-2H3,(H2,19,20,24,28)(H2,21,22,25,29). The van der Waals surface area contributed by atoms with Gasteiger partial charge in [-0.1, -0.05) is 6.07 Å². The van der Waals surface area contributed by atoms with Crippen LogP contribution in [0.15, 0.2) is 42.5 Å². The molecule has 150 valence electrons. The van der Waals surface area contributed by atoms with Gasteiger partial charge in [-0.25, -0.2) is 0 Å². The second-order valence-corrected chi connectivity index (χ2v) is 6.64. The van der Waals surface area contributed by atoms with Gasteiger partial charge in [0.1, 0.15) is 0 Å². The number of benzene rings is 2. The molecule has 0 fully saturated rings. The first-order chi connectivity index (χ1) is 13.7. The van der Waals surface area contributed by atoms with E-state index in [4.69, 9.17) is 24.4 Å². The number of amides is 2. The number of carbonyl (C=O) groups is 2. The lowest BCUT2D eigenvalue weighted by molar-refractivity contribution is -0.385. The lowest BCUT2D eigenvalue weighted by Crippen LogP contribution is -2.34. The highest BCUT2D eigenvalue weighted by molar-refractivity contribution is 7.80. The van der Waals surface area contributed by atoms with Crippen LogP contribution in [0.25, 0.3) is 0 Å². The molecule has 0 saturated heterocycles. The molecule has 2 aromatic rings. The summed E-state index contributed by atoms with van der Waals surface area (Å²) in [7, 11) is 0. The summed E-state index contributed by atoms with van der Waals surface area (Å²) < 4.78 is 0. The Labute approximate surface area is 177 Å². The first-order valence-electron chi connectivity index (χ1n) is 8.22. The van der Waals surface area contributed by atoms with Gasteiger partial charge in [-0.3, -0.25) is 25.0 Å². The fourth-order valence-corrected chi connectivity index (χ4v) is 2.83. The molecule has 0 aliphatic rings. The first-order valence-corrected chi connectivity index (χ1v) is 9.04. The minimum absolute atomic E-state index is 0.0374. The van der Waals surface area contributed by atoms with Gasteiger partial charge in [-0.15, -0.1) is 0 Å². The van der Waals surface area contributed by atoms with E-state index in [1.807, 2.05) is 0 Å². The molecule has 0 radical (unpaired) electrons. The van der Waals surface area contributed by atoms with Crippen molar-refractivity contribution in [3.8, 4) is 0 Å². The van der Waals surface area contributed by atoms with E-state index in [1.54, 1.807) is 24.3 Å². The molecule has 2 aromatic carbocycles. The molecule has 9 nitrogen and oxygen atoms in total. The number of nitro benzene ring substituents is 1. The van der Waals surface area contributed by atoms with Crippen molar-refractivity contribution in [1.29, 1.82) is 0 Å². The lowest BCUT2D eigenvalue weighted by Gasteiger charge is -2.12. The van der Waals surface area contributed by atoms with Crippen molar-refractivity contribution < 1.29 is 14.5 Å². The van der Waals surface area contributed by atoms with E-state index >= 15 is 0 Å². The van der Waals surface area contributed by atoms with Crippen molar-refractivity contribution in [1.82, 2.24) is 10.6 Å². The molecule has 0 aliphatic carbocycles. The summed E-state index contributed by atoms with van der Waals surface area (Å²) >= 11 is 10.1. The molecule has 2 amide bonds. The molecular weight excluding hydrogens is 414 g/mol. The van der Waals surface area contributed by atoms with Gasteiger partial charge < -0.3 is 16.0 Å². The topological polar surface area (TPSA) is 125 Å². The summed E-state index contributed by atoms with van der Waals surface area (Å²) in [6, 6.07) is 11.0. The zero-order valence-electron chi connectivity index (χ0n) is 15.4. The molecule has 11 heteroatoms. The molecular formula is C18H17N5O4S2. The fourth-order valence-electron chi connectivity index (χ4n) is 2.36. The quantitative estimate of drug-likeness (QED) is 0.331. The van der Waals surface area contributed by atoms with Crippen LogP contribution in [0.5, 0.6) is 0 Å². The van der Waals surface area contributed by atoms with Crippen molar-refractivity contribution in [3.05, 3.63) is 63.7 Å². The number of hydrogen-bond donors (Lipinski definition) is 4. The third-order valence-corrected chi connectivity index (χ3v) is 4.07. The molecule has 0 aromatic heterocycles. The number of nitrogens with one attached hydrogen (secondary N) is 4. The highest BCUT2D eigenvalue weighted by Gasteiger charge is 2.18. The fraction of sp³-hybridized carbons (Fsp3) is 0.111. The predicted octanol–water partition coefficient (Wildman–Crippen LogP) is 2.86. The minimum Gasteiger partial charge on any atom is -0.332 e. The Morgan fingerprint density at radius 1 is 0.931 bits per heavy atom. The maximum atomic E-state index is 12.4. The number of anilines is 2. The smallest absolute Gasteiger partial charge is 0.273 e. The number of nitro groups is 1. The van der Waals surface area contributed by atoms with Crippen LogP contribution in [0.3, 0.4) is 0 Å². The molecule has 0 saturated carbocycles. The minimum atomic E-state index is -0.553. The molecule has 2 rings (SSSR count).